The largest absolute Gasteiger partial charge is 0.309 e. The lowest BCUT2D eigenvalue weighted by Crippen LogP contribution is -2.20. The normalized spacial score (nSPS) is 12.8. The average molecular weight is 182 g/mol. The first-order valence-corrected chi connectivity index (χ1v) is 4.55. The molecule has 0 aliphatic heterocycles. The average Bonchev–Trinajstić information content (AvgIpc) is 2.19. The van der Waals surface area contributed by atoms with E-state index in [9.17, 15) is 4.39 Å². The predicted octanol–water partition coefficient (Wildman–Crippen LogP) is 2.09. The molecule has 0 amide bonds. The molecule has 2 nitrogen and oxygen atoms in total. The van der Waals surface area contributed by atoms with Gasteiger partial charge >= 0.3 is 0 Å². The van der Waals surface area contributed by atoms with E-state index in [-0.39, 0.29) is 12.7 Å². The molecule has 3 heteroatoms. The third-order valence-electron chi connectivity index (χ3n) is 1.89. The fraction of sp³-hybridized carbons (Fsp3) is 0.500. The molecule has 1 atom stereocenters. The van der Waals surface area contributed by atoms with Crippen molar-refractivity contribution < 1.29 is 4.39 Å². The lowest BCUT2D eigenvalue weighted by atomic mass is 10.2. The molecule has 0 fully saturated rings. The molecule has 1 N–H and O–H groups in total. The molecular formula is C10H15FN2. The van der Waals surface area contributed by atoms with Crippen molar-refractivity contribution in [1.82, 2.24) is 10.3 Å². The van der Waals surface area contributed by atoms with Crippen LogP contribution >= 0.6 is 0 Å². The number of alkyl halides is 1. The number of halogens is 1. The lowest BCUT2D eigenvalue weighted by molar-refractivity contribution is 0.444. The number of rotatable bonds is 5. The minimum atomic E-state index is -0.262. The van der Waals surface area contributed by atoms with Crippen LogP contribution in [0.5, 0.6) is 0 Å². The molecule has 0 saturated heterocycles. The Bertz CT molecular complexity index is 226. The van der Waals surface area contributed by atoms with Crippen LogP contribution in [0.15, 0.2) is 24.4 Å². The first kappa shape index (κ1) is 10.1. The molecule has 1 unspecified atom stereocenters. The highest BCUT2D eigenvalue weighted by Gasteiger charge is 2.03. The number of nitrogens with one attached hydrogen (secondary N) is 1. The molecule has 1 aromatic rings. The van der Waals surface area contributed by atoms with Crippen molar-refractivity contribution in [3.8, 4) is 0 Å². The number of nitrogens with zero attached hydrogens (tertiary/aromatic N) is 1. The standard InChI is InChI=1S/C10H15FN2/c1-9(12-8-4-6-11)10-5-2-3-7-13-10/h2-3,5,7,9,12H,4,6,8H2,1H3. The Balaban J connectivity index is 2.35. The Morgan fingerprint density at radius 3 is 3.00 bits per heavy atom. The van der Waals surface area contributed by atoms with E-state index in [2.05, 4.69) is 10.3 Å². The maximum Gasteiger partial charge on any atom is 0.0906 e. The van der Waals surface area contributed by atoms with Crippen molar-refractivity contribution in [2.75, 3.05) is 13.2 Å². The van der Waals surface area contributed by atoms with Crippen molar-refractivity contribution in [2.45, 2.75) is 19.4 Å². The molecule has 1 heterocycles. The second kappa shape index (κ2) is 5.65. The molecule has 1 rings (SSSR count). The first-order valence-electron chi connectivity index (χ1n) is 4.55. The van der Waals surface area contributed by atoms with Crippen LogP contribution in [-0.4, -0.2) is 18.2 Å². The number of hydrogen-bond donors (Lipinski definition) is 1. The van der Waals surface area contributed by atoms with Crippen molar-refractivity contribution in [1.29, 1.82) is 0 Å². The van der Waals surface area contributed by atoms with Gasteiger partial charge in [-0.2, -0.15) is 0 Å². The second-order valence-electron chi connectivity index (χ2n) is 2.97. The third-order valence-corrected chi connectivity index (χ3v) is 1.89. The third kappa shape index (κ3) is 3.51. The lowest BCUT2D eigenvalue weighted by Gasteiger charge is -2.11. The Morgan fingerprint density at radius 1 is 1.54 bits per heavy atom. The minimum absolute atomic E-state index is 0.202. The molecule has 72 valence electrons. The van der Waals surface area contributed by atoms with Gasteiger partial charge in [-0.15, -0.1) is 0 Å². The summed E-state index contributed by atoms with van der Waals surface area (Å²) < 4.78 is 11.8. The Kier molecular flexibility index (Phi) is 4.40. The van der Waals surface area contributed by atoms with Gasteiger partial charge in [0.05, 0.1) is 12.4 Å². The molecular weight excluding hydrogens is 167 g/mol. The van der Waals surface area contributed by atoms with E-state index < -0.39 is 0 Å². The van der Waals surface area contributed by atoms with Crippen molar-refractivity contribution in [3.63, 3.8) is 0 Å². The van der Waals surface area contributed by atoms with Crippen LogP contribution in [0.1, 0.15) is 25.1 Å². The molecule has 0 aliphatic carbocycles. The van der Waals surface area contributed by atoms with E-state index in [0.29, 0.717) is 13.0 Å². The summed E-state index contributed by atoms with van der Waals surface area (Å²) in [7, 11) is 0. The summed E-state index contributed by atoms with van der Waals surface area (Å²) in [6.07, 6.45) is 2.33. The fourth-order valence-corrected chi connectivity index (χ4v) is 1.12. The van der Waals surface area contributed by atoms with Gasteiger partial charge in [-0.3, -0.25) is 9.37 Å². The Morgan fingerprint density at radius 2 is 2.38 bits per heavy atom. The molecule has 0 radical (unpaired) electrons. The van der Waals surface area contributed by atoms with Gasteiger partial charge in [0.1, 0.15) is 0 Å². The number of pyridine rings is 1. The van der Waals surface area contributed by atoms with Crippen molar-refractivity contribution in [3.05, 3.63) is 30.1 Å². The summed E-state index contributed by atoms with van der Waals surface area (Å²) in [5, 5.41) is 3.20. The minimum Gasteiger partial charge on any atom is -0.309 e. The highest BCUT2D eigenvalue weighted by Crippen LogP contribution is 2.06. The first-order chi connectivity index (χ1) is 6.34. The van der Waals surface area contributed by atoms with Crippen LogP contribution in [0.2, 0.25) is 0 Å². The summed E-state index contributed by atoms with van der Waals surface area (Å²) >= 11 is 0. The molecule has 13 heavy (non-hydrogen) atoms. The zero-order valence-corrected chi connectivity index (χ0v) is 7.83. The van der Waals surface area contributed by atoms with E-state index in [1.54, 1.807) is 6.20 Å². The topological polar surface area (TPSA) is 24.9 Å². The van der Waals surface area contributed by atoms with E-state index in [1.165, 1.54) is 0 Å². The smallest absolute Gasteiger partial charge is 0.0906 e. The Labute approximate surface area is 78.2 Å². The second-order valence-corrected chi connectivity index (χ2v) is 2.97. The van der Waals surface area contributed by atoms with E-state index in [1.807, 2.05) is 25.1 Å². The van der Waals surface area contributed by atoms with Gasteiger partial charge in [0.25, 0.3) is 0 Å². The highest BCUT2D eigenvalue weighted by atomic mass is 19.1. The van der Waals surface area contributed by atoms with Gasteiger partial charge < -0.3 is 5.32 Å². The maximum atomic E-state index is 11.8. The van der Waals surface area contributed by atoms with E-state index in [4.69, 9.17) is 0 Å². The van der Waals surface area contributed by atoms with Crippen LogP contribution in [0.3, 0.4) is 0 Å². The van der Waals surface area contributed by atoms with Crippen LogP contribution in [0.25, 0.3) is 0 Å². The summed E-state index contributed by atoms with van der Waals surface area (Å²) in [6, 6.07) is 6.01. The summed E-state index contributed by atoms with van der Waals surface area (Å²) in [5.74, 6) is 0. The molecule has 0 spiro atoms. The quantitative estimate of drug-likeness (QED) is 0.705. The van der Waals surface area contributed by atoms with Gasteiger partial charge in [-0.1, -0.05) is 6.07 Å². The fourth-order valence-electron chi connectivity index (χ4n) is 1.12. The van der Waals surface area contributed by atoms with E-state index in [0.717, 1.165) is 5.69 Å². The van der Waals surface area contributed by atoms with Gasteiger partial charge in [0.2, 0.25) is 0 Å². The van der Waals surface area contributed by atoms with E-state index >= 15 is 0 Å². The molecule has 0 aliphatic rings. The monoisotopic (exact) mass is 182 g/mol. The van der Waals surface area contributed by atoms with Crippen LogP contribution in [0.4, 0.5) is 4.39 Å². The predicted molar refractivity (Wildman–Crippen MR) is 51.2 cm³/mol. The number of hydrogen-bond acceptors (Lipinski definition) is 2. The SMILES string of the molecule is CC(NCCCF)c1ccccn1. The number of aromatic nitrogens is 1. The molecule has 0 bridgehead atoms. The van der Waals surface area contributed by atoms with Crippen LogP contribution < -0.4 is 5.32 Å². The van der Waals surface area contributed by atoms with Crippen molar-refractivity contribution >= 4 is 0 Å². The molecule has 1 aromatic heterocycles. The van der Waals surface area contributed by atoms with Crippen molar-refractivity contribution in [2.24, 2.45) is 0 Å². The van der Waals surface area contributed by atoms with Crippen LogP contribution in [0, 0.1) is 0 Å². The summed E-state index contributed by atoms with van der Waals surface area (Å²) in [6.45, 7) is 2.47. The van der Waals surface area contributed by atoms with Gasteiger partial charge in [0.15, 0.2) is 0 Å². The van der Waals surface area contributed by atoms with Crippen LogP contribution in [-0.2, 0) is 0 Å². The molecule has 0 saturated carbocycles. The summed E-state index contributed by atoms with van der Waals surface area (Å²) in [4.78, 5) is 4.20. The Hall–Kier alpha value is -0.960. The maximum absolute atomic E-state index is 11.8. The highest BCUT2D eigenvalue weighted by molar-refractivity contribution is 5.07. The van der Waals surface area contributed by atoms with Gasteiger partial charge in [-0.25, -0.2) is 0 Å². The zero-order valence-electron chi connectivity index (χ0n) is 7.83. The zero-order chi connectivity index (χ0) is 9.52. The molecule has 0 aromatic carbocycles. The summed E-state index contributed by atoms with van der Waals surface area (Å²) in [5.41, 5.74) is 1.00. The van der Waals surface area contributed by atoms with Gasteiger partial charge in [0, 0.05) is 12.2 Å². The van der Waals surface area contributed by atoms with Gasteiger partial charge in [-0.05, 0) is 32.0 Å².